The number of rotatable bonds is 5. The van der Waals surface area contributed by atoms with Crippen molar-refractivity contribution in [2.45, 2.75) is 26.2 Å². The van der Waals surface area contributed by atoms with E-state index in [2.05, 4.69) is 19.9 Å². The average Bonchev–Trinajstić information content (AvgIpc) is 2.54. The zero-order valence-electron chi connectivity index (χ0n) is 13.5. The van der Waals surface area contributed by atoms with Crippen LogP contribution in [0.15, 0.2) is 18.2 Å². The van der Waals surface area contributed by atoms with E-state index in [1.807, 2.05) is 17.0 Å². The molecule has 0 radical (unpaired) electrons. The number of hydrogen-bond acceptors (Lipinski definition) is 3. The van der Waals surface area contributed by atoms with Crippen molar-refractivity contribution in [3.8, 4) is 5.75 Å². The molecule has 5 heteroatoms. The Kier molecular flexibility index (Phi) is 5.41. The molecule has 0 aliphatic carbocycles. The third-order valence-corrected chi connectivity index (χ3v) is 4.13. The lowest BCUT2D eigenvalue weighted by Crippen LogP contribution is -2.48. The summed E-state index contributed by atoms with van der Waals surface area (Å²) < 4.78 is 5.38. The first kappa shape index (κ1) is 16.3. The van der Waals surface area contributed by atoms with Crippen LogP contribution in [-0.2, 0) is 16.0 Å². The number of carbonyl (C=O) groups is 2. The van der Waals surface area contributed by atoms with Crippen LogP contribution in [0.1, 0.15) is 30.9 Å². The minimum absolute atomic E-state index is 0.0877. The molecule has 0 unspecified atom stereocenters. The summed E-state index contributed by atoms with van der Waals surface area (Å²) in [6.45, 7) is 6.68. The Morgan fingerprint density at radius 1 is 1.27 bits per heavy atom. The molecule has 120 valence electrons. The Morgan fingerprint density at radius 2 is 1.95 bits per heavy atom. The first-order valence-corrected chi connectivity index (χ1v) is 7.69. The van der Waals surface area contributed by atoms with Crippen molar-refractivity contribution in [2.75, 3.05) is 33.3 Å². The molecule has 2 rings (SSSR count). The van der Waals surface area contributed by atoms with Crippen LogP contribution in [-0.4, -0.2) is 55.4 Å². The third-order valence-electron chi connectivity index (χ3n) is 4.13. The van der Waals surface area contributed by atoms with Gasteiger partial charge in [0.2, 0.25) is 12.3 Å². The second-order valence-corrected chi connectivity index (χ2v) is 5.92. The van der Waals surface area contributed by atoms with Crippen molar-refractivity contribution >= 4 is 12.3 Å². The van der Waals surface area contributed by atoms with Crippen molar-refractivity contribution in [1.82, 2.24) is 9.80 Å². The van der Waals surface area contributed by atoms with Crippen LogP contribution in [0.2, 0.25) is 0 Å². The summed E-state index contributed by atoms with van der Waals surface area (Å²) in [6, 6.07) is 6.03. The maximum Gasteiger partial charge on any atom is 0.227 e. The van der Waals surface area contributed by atoms with Crippen LogP contribution in [0.4, 0.5) is 0 Å². The molecular weight excluding hydrogens is 280 g/mol. The highest BCUT2D eigenvalue weighted by Crippen LogP contribution is 2.25. The van der Waals surface area contributed by atoms with Gasteiger partial charge in [0.15, 0.2) is 0 Å². The lowest BCUT2D eigenvalue weighted by atomic mass is 9.98. The summed E-state index contributed by atoms with van der Waals surface area (Å²) >= 11 is 0. The predicted molar refractivity (Wildman–Crippen MR) is 85.0 cm³/mol. The quantitative estimate of drug-likeness (QED) is 0.777. The Balaban J connectivity index is 2.07. The molecule has 1 aliphatic rings. The van der Waals surface area contributed by atoms with Gasteiger partial charge < -0.3 is 14.5 Å². The molecule has 0 bridgehead atoms. The van der Waals surface area contributed by atoms with Gasteiger partial charge in [0, 0.05) is 31.7 Å². The van der Waals surface area contributed by atoms with E-state index < -0.39 is 0 Å². The van der Waals surface area contributed by atoms with Gasteiger partial charge in [-0.1, -0.05) is 26.0 Å². The first-order chi connectivity index (χ1) is 10.5. The molecule has 1 aliphatic heterocycles. The van der Waals surface area contributed by atoms with Crippen LogP contribution in [0.25, 0.3) is 0 Å². The van der Waals surface area contributed by atoms with Crippen molar-refractivity contribution in [2.24, 2.45) is 0 Å². The fourth-order valence-electron chi connectivity index (χ4n) is 2.65. The van der Waals surface area contributed by atoms with Gasteiger partial charge in [-0.05, 0) is 17.5 Å². The molecule has 2 amide bonds. The topological polar surface area (TPSA) is 49.9 Å². The SMILES string of the molecule is COc1ccc(C(C)C)cc1CC(=O)N1CCN(C=O)CC1. The Morgan fingerprint density at radius 3 is 2.50 bits per heavy atom. The maximum atomic E-state index is 12.5. The van der Waals surface area contributed by atoms with E-state index in [0.717, 1.165) is 17.7 Å². The molecule has 1 fully saturated rings. The number of piperazine rings is 1. The fraction of sp³-hybridized carbons (Fsp3) is 0.529. The summed E-state index contributed by atoms with van der Waals surface area (Å²) in [7, 11) is 1.63. The van der Waals surface area contributed by atoms with Gasteiger partial charge in [-0.3, -0.25) is 9.59 Å². The molecule has 0 spiro atoms. The number of carbonyl (C=O) groups excluding carboxylic acids is 2. The van der Waals surface area contributed by atoms with E-state index in [1.54, 1.807) is 12.0 Å². The lowest BCUT2D eigenvalue weighted by Gasteiger charge is -2.32. The number of ether oxygens (including phenoxy) is 1. The van der Waals surface area contributed by atoms with Crippen molar-refractivity contribution in [3.63, 3.8) is 0 Å². The molecule has 22 heavy (non-hydrogen) atoms. The molecule has 0 aromatic heterocycles. The van der Waals surface area contributed by atoms with Crippen LogP contribution < -0.4 is 4.74 Å². The van der Waals surface area contributed by atoms with Gasteiger partial charge in [-0.15, -0.1) is 0 Å². The standard InChI is InChI=1S/C17H24N2O3/c1-13(2)14-4-5-16(22-3)15(10-14)11-17(21)19-8-6-18(12-20)7-9-19/h4-5,10,12-13H,6-9,11H2,1-3H3. The minimum atomic E-state index is 0.0877. The zero-order chi connectivity index (χ0) is 16.1. The van der Waals surface area contributed by atoms with Gasteiger partial charge in [0.1, 0.15) is 5.75 Å². The molecule has 1 saturated heterocycles. The van der Waals surface area contributed by atoms with Crippen molar-refractivity contribution < 1.29 is 14.3 Å². The summed E-state index contributed by atoms with van der Waals surface area (Å²) in [6.07, 6.45) is 1.18. The zero-order valence-corrected chi connectivity index (χ0v) is 13.5. The van der Waals surface area contributed by atoms with E-state index in [9.17, 15) is 9.59 Å². The van der Waals surface area contributed by atoms with E-state index in [0.29, 0.717) is 38.5 Å². The van der Waals surface area contributed by atoms with E-state index in [-0.39, 0.29) is 5.91 Å². The first-order valence-electron chi connectivity index (χ1n) is 7.69. The van der Waals surface area contributed by atoms with Crippen molar-refractivity contribution in [1.29, 1.82) is 0 Å². The Bertz CT molecular complexity index is 535. The number of methoxy groups -OCH3 is 1. The van der Waals surface area contributed by atoms with Crippen LogP contribution in [0, 0.1) is 0 Å². The van der Waals surface area contributed by atoms with Gasteiger partial charge in [0.05, 0.1) is 13.5 Å². The predicted octanol–water partition coefficient (Wildman–Crippen LogP) is 1.66. The number of amides is 2. The highest BCUT2D eigenvalue weighted by atomic mass is 16.5. The molecule has 1 aromatic rings. The maximum absolute atomic E-state index is 12.5. The smallest absolute Gasteiger partial charge is 0.227 e. The number of nitrogens with zero attached hydrogens (tertiary/aromatic N) is 2. The van der Waals surface area contributed by atoms with Crippen LogP contribution >= 0.6 is 0 Å². The van der Waals surface area contributed by atoms with Crippen molar-refractivity contribution in [3.05, 3.63) is 29.3 Å². The highest BCUT2D eigenvalue weighted by molar-refractivity contribution is 5.80. The highest BCUT2D eigenvalue weighted by Gasteiger charge is 2.21. The fourth-order valence-corrected chi connectivity index (χ4v) is 2.65. The molecule has 5 nitrogen and oxygen atoms in total. The lowest BCUT2D eigenvalue weighted by molar-refractivity contribution is -0.134. The molecule has 0 N–H and O–H groups in total. The summed E-state index contributed by atoms with van der Waals surface area (Å²) in [4.78, 5) is 26.7. The molecule has 0 atom stereocenters. The molecular formula is C17H24N2O3. The third kappa shape index (κ3) is 3.78. The average molecular weight is 304 g/mol. The summed E-state index contributed by atoms with van der Waals surface area (Å²) in [5, 5.41) is 0. The van der Waals surface area contributed by atoms with Gasteiger partial charge in [-0.25, -0.2) is 0 Å². The van der Waals surface area contributed by atoms with E-state index in [4.69, 9.17) is 4.74 Å². The van der Waals surface area contributed by atoms with Gasteiger partial charge in [0.25, 0.3) is 0 Å². The van der Waals surface area contributed by atoms with E-state index in [1.165, 1.54) is 5.56 Å². The van der Waals surface area contributed by atoms with Crippen LogP contribution in [0.3, 0.4) is 0 Å². The normalized spacial score (nSPS) is 15.1. The second kappa shape index (κ2) is 7.29. The minimum Gasteiger partial charge on any atom is -0.496 e. The second-order valence-electron chi connectivity index (χ2n) is 5.92. The molecule has 1 heterocycles. The van der Waals surface area contributed by atoms with Crippen LogP contribution in [0.5, 0.6) is 5.75 Å². The largest absolute Gasteiger partial charge is 0.496 e. The number of hydrogen-bond donors (Lipinski definition) is 0. The number of benzene rings is 1. The Hall–Kier alpha value is -2.04. The monoisotopic (exact) mass is 304 g/mol. The van der Waals surface area contributed by atoms with E-state index >= 15 is 0 Å². The summed E-state index contributed by atoms with van der Waals surface area (Å²) in [5.41, 5.74) is 2.13. The van der Waals surface area contributed by atoms with Gasteiger partial charge >= 0.3 is 0 Å². The molecule has 0 saturated carbocycles. The summed E-state index contributed by atoms with van der Waals surface area (Å²) in [5.74, 6) is 1.25. The Labute approximate surface area is 131 Å². The van der Waals surface area contributed by atoms with Gasteiger partial charge in [-0.2, -0.15) is 0 Å². The molecule has 1 aromatic carbocycles.